The number of pyridine rings is 1. The number of aromatic nitrogens is 1. The van der Waals surface area contributed by atoms with Gasteiger partial charge in [0.2, 0.25) is 5.56 Å². The number of carbonyl (C=O) groups excluding carboxylic acids is 1. The number of aromatic amines is 1. The van der Waals surface area contributed by atoms with Gasteiger partial charge in [-0.05, 0) is 55.7 Å². The van der Waals surface area contributed by atoms with Crippen LogP contribution in [0.15, 0.2) is 75.6 Å². The van der Waals surface area contributed by atoms with E-state index in [1.165, 1.54) is 18.3 Å². The SMILES string of the molecule is C/C=C1\[C@H]2C=C(C)C[C@]1(N=CC=Cc1cccc(C(=O)OC)c1)c1ccc(=O)[nH]c1C2. The Labute approximate surface area is 181 Å². The molecule has 0 radical (unpaired) electrons. The molecule has 2 bridgehead atoms. The number of methoxy groups -OCH3 is 1. The lowest BCUT2D eigenvalue weighted by Crippen LogP contribution is -2.40. The number of rotatable bonds is 4. The number of carbonyl (C=O) groups is 1. The molecule has 5 heteroatoms. The van der Waals surface area contributed by atoms with Gasteiger partial charge in [-0.1, -0.05) is 35.9 Å². The zero-order valence-electron chi connectivity index (χ0n) is 18.0. The number of esters is 1. The minimum Gasteiger partial charge on any atom is -0.465 e. The van der Waals surface area contributed by atoms with Crippen LogP contribution in [0.25, 0.3) is 6.08 Å². The van der Waals surface area contributed by atoms with Gasteiger partial charge >= 0.3 is 5.97 Å². The molecule has 2 aliphatic rings. The Morgan fingerprint density at radius 2 is 2.13 bits per heavy atom. The van der Waals surface area contributed by atoms with Crippen LogP contribution < -0.4 is 5.56 Å². The molecule has 0 aliphatic heterocycles. The third-order valence-corrected chi connectivity index (χ3v) is 6.06. The van der Waals surface area contributed by atoms with Crippen molar-refractivity contribution in [3.05, 3.63) is 98.5 Å². The summed E-state index contributed by atoms with van der Waals surface area (Å²) in [6.07, 6.45) is 11.7. The molecular formula is C26H26N2O3. The summed E-state index contributed by atoms with van der Waals surface area (Å²) in [7, 11) is 1.37. The number of nitrogens with zero attached hydrogens (tertiary/aromatic N) is 1. The van der Waals surface area contributed by atoms with Gasteiger partial charge in [-0.15, -0.1) is 0 Å². The Kier molecular flexibility index (Phi) is 5.59. The van der Waals surface area contributed by atoms with Gasteiger partial charge in [0.25, 0.3) is 0 Å². The lowest BCUT2D eigenvalue weighted by Gasteiger charge is -2.45. The second kappa shape index (κ2) is 8.34. The van der Waals surface area contributed by atoms with Gasteiger partial charge in [-0.25, -0.2) is 4.79 Å². The minimum atomic E-state index is -0.506. The van der Waals surface area contributed by atoms with Crippen LogP contribution in [0.2, 0.25) is 0 Å². The fourth-order valence-electron chi connectivity index (χ4n) is 4.86. The summed E-state index contributed by atoms with van der Waals surface area (Å²) in [5, 5.41) is 0. The van der Waals surface area contributed by atoms with Gasteiger partial charge in [-0.2, -0.15) is 0 Å². The normalized spacial score (nSPS) is 23.8. The zero-order valence-corrected chi connectivity index (χ0v) is 18.0. The van der Waals surface area contributed by atoms with Crippen LogP contribution in [0.3, 0.4) is 0 Å². The van der Waals surface area contributed by atoms with Crippen molar-refractivity contribution < 1.29 is 9.53 Å². The number of aliphatic imine (C=N–C) groups is 1. The van der Waals surface area contributed by atoms with E-state index in [-0.39, 0.29) is 17.4 Å². The number of hydrogen-bond donors (Lipinski definition) is 1. The molecule has 1 heterocycles. The number of allylic oxidation sites excluding steroid dienone is 3. The molecule has 0 saturated carbocycles. The summed E-state index contributed by atoms with van der Waals surface area (Å²) in [6.45, 7) is 4.21. The number of H-pyrrole nitrogens is 1. The van der Waals surface area contributed by atoms with Crippen LogP contribution in [0.1, 0.15) is 47.4 Å². The molecule has 2 aromatic rings. The van der Waals surface area contributed by atoms with Crippen LogP contribution >= 0.6 is 0 Å². The smallest absolute Gasteiger partial charge is 0.337 e. The van der Waals surface area contributed by atoms with E-state index in [1.807, 2.05) is 36.6 Å². The third kappa shape index (κ3) is 3.83. The van der Waals surface area contributed by atoms with Gasteiger partial charge in [0.1, 0.15) is 5.54 Å². The van der Waals surface area contributed by atoms with E-state index in [9.17, 15) is 9.59 Å². The molecule has 4 rings (SSSR count). The first-order valence-electron chi connectivity index (χ1n) is 10.4. The second-order valence-corrected chi connectivity index (χ2v) is 8.07. The molecule has 0 saturated heterocycles. The van der Waals surface area contributed by atoms with E-state index in [1.54, 1.807) is 18.2 Å². The molecule has 0 unspecified atom stereocenters. The predicted octanol–water partition coefficient (Wildman–Crippen LogP) is 4.61. The van der Waals surface area contributed by atoms with Crippen LogP contribution in [-0.2, 0) is 16.7 Å². The van der Waals surface area contributed by atoms with Gasteiger partial charge in [0.15, 0.2) is 0 Å². The van der Waals surface area contributed by atoms with Crippen molar-refractivity contribution in [3.63, 3.8) is 0 Å². The van der Waals surface area contributed by atoms with Crippen molar-refractivity contribution >= 4 is 18.3 Å². The highest BCUT2D eigenvalue weighted by atomic mass is 16.5. The fourth-order valence-corrected chi connectivity index (χ4v) is 4.86. The van der Waals surface area contributed by atoms with Crippen molar-refractivity contribution in [1.29, 1.82) is 0 Å². The maximum atomic E-state index is 11.9. The lowest BCUT2D eigenvalue weighted by atomic mass is 9.63. The summed E-state index contributed by atoms with van der Waals surface area (Å²) in [6, 6.07) is 10.8. The summed E-state index contributed by atoms with van der Waals surface area (Å²) in [4.78, 5) is 31.8. The molecule has 158 valence electrons. The number of benzene rings is 1. The quantitative estimate of drug-likeness (QED) is 0.451. The average Bonchev–Trinajstić information content (AvgIpc) is 2.75. The summed E-state index contributed by atoms with van der Waals surface area (Å²) >= 11 is 0. The second-order valence-electron chi connectivity index (χ2n) is 8.07. The molecule has 1 aromatic heterocycles. The molecule has 31 heavy (non-hydrogen) atoms. The first kappa shape index (κ1) is 20.8. The number of hydrogen-bond acceptors (Lipinski definition) is 4. The topological polar surface area (TPSA) is 71.5 Å². The van der Waals surface area contributed by atoms with Crippen LogP contribution in [0.4, 0.5) is 0 Å². The van der Waals surface area contributed by atoms with Gasteiger partial charge in [-0.3, -0.25) is 9.79 Å². The standard InChI is InChI=1S/C26H26N2O3/c1-4-21-20-13-17(2)16-26(21,22-10-11-24(29)28-23(22)15-20)27-12-6-8-18-7-5-9-19(14-18)25(30)31-3/h4-14,20H,15-16H2,1-3H3,(H,28,29)/b8-6?,21-4+,27-12?/t20-,26+/m0/s1. The highest BCUT2D eigenvalue weighted by Gasteiger charge is 2.46. The molecule has 2 aliphatic carbocycles. The van der Waals surface area contributed by atoms with Crippen molar-refractivity contribution in [2.75, 3.05) is 7.11 Å². The first-order valence-corrected chi connectivity index (χ1v) is 10.4. The van der Waals surface area contributed by atoms with Gasteiger partial charge < -0.3 is 9.72 Å². The maximum absolute atomic E-state index is 11.9. The Balaban J connectivity index is 1.71. The van der Waals surface area contributed by atoms with Crippen molar-refractivity contribution in [2.24, 2.45) is 10.9 Å². The molecule has 5 nitrogen and oxygen atoms in total. The molecule has 1 N–H and O–H groups in total. The van der Waals surface area contributed by atoms with Crippen LogP contribution in [0, 0.1) is 5.92 Å². The Morgan fingerprint density at radius 1 is 1.29 bits per heavy atom. The summed E-state index contributed by atoms with van der Waals surface area (Å²) < 4.78 is 4.79. The number of fused-ring (bicyclic) bond motifs is 4. The van der Waals surface area contributed by atoms with Crippen LogP contribution in [0.5, 0.6) is 0 Å². The largest absolute Gasteiger partial charge is 0.465 e. The minimum absolute atomic E-state index is 0.0778. The molecule has 0 amide bonds. The number of ether oxygens (including phenoxy) is 1. The molecule has 1 aromatic carbocycles. The Hall–Kier alpha value is -3.47. The molecular weight excluding hydrogens is 388 g/mol. The maximum Gasteiger partial charge on any atom is 0.337 e. The lowest BCUT2D eigenvalue weighted by molar-refractivity contribution is 0.0600. The van der Waals surface area contributed by atoms with Crippen molar-refractivity contribution in [1.82, 2.24) is 4.98 Å². The zero-order chi connectivity index (χ0) is 22.0. The monoisotopic (exact) mass is 414 g/mol. The highest BCUT2D eigenvalue weighted by Crippen LogP contribution is 2.51. The van der Waals surface area contributed by atoms with Crippen molar-refractivity contribution in [2.45, 2.75) is 32.2 Å². The fraction of sp³-hybridized carbons (Fsp3) is 0.269. The number of nitrogens with one attached hydrogen (secondary N) is 1. The summed E-state index contributed by atoms with van der Waals surface area (Å²) in [5.41, 5.74) is 5.44. The van der Waals surface area contributed by atoms with E-state index in [0.717, 1.165) is 29.7 Å². The molecule has 0 spiro atoms. The van der Waals surface area contributed by atoms with Gasteiger partial charge in [0, 0.05) is 35.9 Å². The highest BCUT2D eigenvalue weighted by molar-refractivity contribution is 5.90. The van der Waals surface area contributed by atoms with Gasteiger partial charge in [0.05, 0.1) is 12.7 Å². The van der Waals surface area contributed by atoms with E-state index in [2.05, 4.69) is 31.0 Å². The van der Waals surface area contributed by atoms with E-state index in [4.69, 9.17) is 9.73 Å². The predicted molar refractivity (Wildman–Crippen MR) is 123 cm³/mol. The van der Waals surface area contributed by atoms with E-state index < -0.39 is 5.54 Å². The Bertz CT molecular complexity index is 1200. The summed E-state index contributed by atoms with van der Waals surface area (Å²) in [5.74, 6) is -0.119. The van der Waals surface area contributed by atoms with E-state index in [0.29, 0.717) is 5.56 Å². The molecule has 0 fully saturated rings. The van der Waals surface area contributed by atoms with E-state index >= 15 is 0 Å². The van der Waals surface area contributed by atoms with Crippen molar-refractivity contribution in [3.8, 4) is 0 Å². The third-order valence-electron chi connectivity index (χ3n) is 6.06. The molecule has 2 atom stereocenters. The average molecular weight is 415 g/mol. The Morgan fingerprint density at radius 3 is 2.90 bits per heavy atom. The first-order chi connectivity index (χ1) is 15.0. The van der Waals surface area contributed by atoms with Crippen LogP contribution in [-0.4, -0.2) is 24.3 Å².